The van der Waals surface area contributed by atoms with E-state index in [0.29, 0.717) is 18.2 Å². The normalized spacial score (nSPS) is 27.8. The molecule has 1 aromatic carbocycles. The van der Waals surface area contributed by atoms with Gasteiger partial charge >= 0.3 is 5.76 Å². The van der Waals surface area contributed by atoms with Gasteiger partial charge in [0.15, 0.2) is 5.58 Å². The number of rotatable bonds is 4. The number of hydrazine groups is 1. The van der Waals surface area contributed by atoms with Crippen LogP contribution >= 0.6 is 0 Å². The second kappa shape index (κ2) is 5.99. The number of anilines is 1. The van der Waals surface area contributed by atoms with Crippen molar-refractivity contribution in [2.75, 3.05) is 18.4 Å². The minimum Gasteiger partial charge on any atom is -0.405 e. The molecule has 23 heavy (non-hydrogen) atoms. The Morgan fingerprint density at radius 3 is 3.09 bits per heavy atom. The van der Waals surface area contributed by atoms with Gasteiger partial charge in [-0.2, -0.15) is 0 Å². The fraction of sp³-hybridized carbons (Fsp3) is 0.562. The summed E-state index contributed by atoms with van der Waals surface area (Å²) in [5.41, 5.74) is 8.68. The molecule has 0 radical (unpaired) electrons. The third kappa shape index (κ3) is 2.75. The molecule has 3 unspecified atom stereocenters. The van der Waals surface area contributed by atoms with E-state index < -0.39 is 0 Å². The molecule has 0 saturated carbocycles. The third-order valence-electron chi connectivity index (χ3n) is 4.80. The van der Waals surface area contributed by atoms with Gasteiger partial charge in [-0.1, -0.05) is 6.07 Å². The number of hydrogen-bond donors (Lipinski definition) is 3. The van der Waals surface area contributed by atoms with Crippen molar-refractivity contribution in [1.82, 2.24) is 15.4 Å². The van der Waals surface area contributed by atoms with Crippen molar-refractivity contribution in [2.45, 2.75) is 37.5 Å². The molecule has 2 aromatic rings. The Bertz CT molecular complexity index is 747. The third-order valence-corrected chi connectivity index (χ3v) is 4.80. The number of oxazole rings is 1. The number of ether oxygens (including phenoxy) is 1. The second-order valence-electron chi connectivity index (χ2n) is 6.30. The maximum Gasteiger partial charge on any atom is 0.419 e. The summed E-state index contributed by atoms with van der Waals surface area (Å²) < 4.78 is 13.0. The quantitative estimate of drug-likeness (QED) is 0.779. The van der Waals surface area contributed by atoms with Gasteiger partial charge in [-0.3, -0.25) is 15.4 Å². The molecule has 0 spiro atoms. The van der Waals surface area contributed by atoms with Crippen molar-refractivity contribution in [3.05, 3.63) is 28.7 Å². The second-order valence-corrected chi connectivity index (χ2v) is 6.30. The lowest BCUT2D eigenvalue weighted by molar-refractivity contribution is 0.0323. The van der Waals surface area contributed by atoms with E-state index in [1.807, 2.05) is 18.2 Å². The average Bonchev–Trinajstić information content (AvgIpc) is 3.27. The maximum atomic E-state index is 11.7. The highest BCUT2D eigenvalue weighted by atomic mass is 16.5. The van der Waals surface area contributed by atoms with Crippen LogP contribution in [0.25, 0.3) is 11.1 Å². The van der Waals surface area contributed by atoms with Gasteiger partial charge in [0.2, 0.25) is 0 Å². The molecule has 4 rings (SSSR count). The van der Waals surface area contributed by atoms with Crippen molar-refractivity contribution in [1.29, 1.82) is 0 Å². The van der Waals surface area contributed by atoms with Gasteiger partial charge in [0, 0.05) is 26.2 Å². The molecule has 124 valence electrons. The van der Waals surface area contributed by atoms with Gasteiger partial charge in [-0.15, -0.1) is 0 Å². The van der Waals surface area contributed by atoms with E-state index in [4.69, 9.17) is 9.15 Å². The molecule has 0 amide bonds. The smallest absolute Gasteiger partial charge is 0.405 e. The minimum absolute atomic E-state index is 0.188. The Kier molecular flexibility index (Phi) is 3.84. The van der Waals surface area contributed by atoms with Crippen molar-refractivity contribution >= 4 is 16.8 Å². The van der Waals surface area contributed by atoms with E-state index >= 15 is 0 Å². The van der Waals surface area contributed by atoms with Crippen LogP contribution in [0.15, 0.2) is 27.4 Å². The highest BCUT2D eigenvalue weighted by molar-refractivity contribution is 5.86. The highest BCUT2D eigenvalue weighted by Gasteiger charge is 2.33. The number of fused-ring (bicyclic) bond motifs is 1. The molecule has 3 N–H and O–H groups in total. The van der Waals surface area contributed by atoms with Crippen LogP contribution in [-0.2, 0) is 11.8 Å². The number of aromatic nitrogens is 1. The van der Waals surface area contributed by atoms with Gasteiger partial charge in [-0.05, 0) is 31.4 Å². The molecule has 2 fully saturated rings. The van der Waals surface area contributed by atoms with Crippen molar-refractivity contribution in [2.24, 2.45) is 7.05 Å². The van der Waals surface area contributed by atoms with E-state index in [2.05, 4.69) is 16.2 Å². The Morgan fingerprint density at radius 1 is 1.35 bits per heavy atom. The largest absolute Gasteiger partial charge is 0.419 e. The zero-order valence-corrected chi connectivity index (χ0v) is 13.2. The topological polar surface area (TPSA) is 80.5 Å². The fourth-order valence-electron chi connectivity index (χ4n) is 3.47. The highest BCUT2D eigenvalue weighted by Crippen LogP contribution is 2.26. The Balaban J connectivity index is 1.42. The van der Waals surface area contributed by atoms with Crippen LogP contribution in [0.2, 0.25) is 0 Å². The van der Waals surface area contributed by atoms with Gasteiger partial charge in [0.25, 0.3) is 0 Å². The van der Waals surface area contributed by atoms with Gasteiger partial charge < -0.3 is 14.5 Å². The van der Waals surface area contributed by atoms with Gasteiger partial charge in [0.1, 0.15) is 0 Å². The molecule has 2 aliphatic rings. The Hall–Kier alpha value is -1.83. The van der Waals surface area contributed by atoms with E-state index in [1.165, 1.54) is 4.57 Å². The molecule has 0 bridgehead atoms. The molecule has 2 aliphatic heterocycles. The summed E-state index contributed by atoms with van der Waals surface area (Å²) in [7, 11) is 1.71. The summed E-state index contributed by atoms with van der Waals surface area (Å²) in [4.78, 5) is 11.7. The van der Waals surface area contributed by atoms with Crippen LogP contribution in [0, 0.1) is 0 Å². The molecule has 7 heteroatoms. The van der Waals surface area contributed by atoms with E-state index in [1.54, 1.807) is 7.05 Å². The first-order chi connectivity index (χ1) is 11.2. The molecular formula is C16H22N4O3. The van der Waals surface area contributed by atoms with Crippen LogP contribution in [-0.4, -0.2) is 35.9 Å². The molecule has 2 saturated heterocycles. The monoisotopic (exact) mass is 318 g/mol. The summed E-state index contributed by atoms with van der Waals surface area (Å²) in [5.74, 6) is -0.341. The molecule has 0 aliphatic carbocycles. The number of hydrogen-bond acceptors (Lipinski definition) is 6. The van der Waals surface area contributed by atoms with Crippen molar-refractivity contribution in [3.8, 4) is 0 Å². The minimum atomic E-state index is -0.341. The number of nitrogens with zero attached hydrogens (tertiary/aromatic N) is 1. The predicted octanol–water partition coefficient (Wildman–Crippen LogP) is 0.957. The summed E-state index contributed by atoms with van der Waals surface area (Å²) in [6, 6.07) is 6.15. The van der Waals surface area contributed by atoms with Crippen molar-refractivity contribution < 1.29 is 9.15 Å². The summed E-state index contributed by atoms with van der Waals surface area (Å²) in [6.07, 6.45) is 3.70. The average molecular weight is 318 g/mol. The maximum absolute atomic E-state index is 11.7. The van der Waals surface area contributed by atoms with Gasteiger partial charge in [-0.25, -0.2) is 4.79 Å². The first-order valence-corrected chi connectivity index (χ1v) is 8.18. The standard InChI is InChI=1S/C16H22N4O3/c1-20-13-4-2-3-12(15(13)23-16(20)21)17-9-10-5-6-14(22-10)11-7-8-18-19-11/h2-4,10-11,14,17-19H,5-9H2,1H3. The fourth-order valence-corrected chi connectivity index (χ4v) is 3.47. The first kappa shape index (κ1) is 14.7. The van der Waals surface area contributed by atoms with Crippen LogP contribution in [0.1, 0.15) is 19.3 Å². The van der Waals surface area contributed by atoms with E-state index in [0.717, 1.165) is 37.0 Å². The lowest BCUT2D eigenvalue weighted by atomic mass is 10.1. The summed E-state index contributed by atoms with van der Waals surface area (Å²) in [6.45, 7) is 1.72. The van der Waals surface area contributed by atoms with Crippen LogP contribution < -0.4 is 21.9 Å². The number of nitrogens with one attached hydrogen (secondary N) is 3. The Labute approximate surface area is 134 Å². The lowest BCUT2D eigenvalue weighted by Gasteiger charge is -2.19. The van der Waals surface area contributed by atoms with Crippen LogP contribution in [0.5, 0.6) is 0 Å². The molecule has 3 atom stereocenters. The molecule has 7 nitrogen and oxygen atoms in total. The predicted molar refractivity (Wildman–Crippen MR) is 87.4 cm³/mol. The lowest BCUT2D eigenvalue weighted by Crippen LogP contribution is -2.39. The first-order valence-electron chi connectivity index (χ1n) is 8.18. The van der Waals surface area contributed by atoms with Gasteiger partial charge in [0.05, 0.1) is 23.4 Å². The SMILES string of the molecule is Cn1c(=O)oc2c(NCC3CCC(C4CCNN4)O3)cccc21. The van der Waals surface area contributed by atoms with Crippen LogP contribution in [0.3, 0.4) is 0 Å². The summed E-state index contributed by atoms with van der Waals surface area (Å²) in [5, 5.41) is 3.37. The van der Waals surface area contributed by atoms with Crippen LogP contribution in [0.4, 0.5) is 5.69 Å². The number of aryl methyl sites for hydroxylation is 1. The zero-order chi connectivity index (χ0) is 15.8. The van der Waals surface area contributed by atoms with E-state index in [-0.39, 0.29) is 18.0 Å². The molecular weight excluding hydrogens is 296 g/mol. The number of para-hydroxylation sites is 1. The zero-order valence-electron chi connectivity index (χ0n) is 13.2. The summed E-state index contributed by atoms with van der Waals surface area (Å²) >= 11 is 0. The molecule has 1 aromatic heterocycles. The number of benzene rings is 1. The van der Waals surface area contributed by atoms with E-state index in [9.17, 15) is 4.79 Å². The van der Waals surface area contributed by atoms with Crippen molar-refractivity contribution in [3.63, 3.8) is 0 Å². The molecule has 3 heterocycles. The Morgan fingerprint density at radius 2 is 2.26 bits per heavy atom.